The van der Waals surface area contributed by atoms with E-state index in [9.17, 15) is 14.9 Å². The molecule has 12 nitrogen and oxygen atoms in total. The van der Waals surface area contributed by atoms with Crippen LogP contribution < -0.4 is 24.3 Å². The molecule has 3 aromatic rings. The number of amides is 1. The van der Waals surface area contributed by atoms with Gasteiger partial charge >= 0.3 is 5.69 Å². The zero-order valence-electron chi connectivity index (χ0n) is 17.5. The lowest BCUT2D eigenvalue weighted by Gasteiger charge is -2.08. The average molecular weight is 444 g/mol. The largest absolute Gasteiger partial charge is 0.497 e. The molecular weight excluding hydrogens is 424 g/mol. The molecule has 12 heteroatoms. The first-order valence-corrected chi connectivity index (χ1v) is 9.22. The Morgan fingerprint density at radius 1 is 1.06 bits per heavy atom. The summed E-state index contributed by atoms with van der Waals surface area (Å²) in [6.07, 6.45) is 0. The molecule has 1 aromatic heterocycles. The Bertz CT molecular complexity index is 1110. The molecule has 0 spiro atoms. The summed E-state index contributed by atoms with van der Waals surface area (Å²) in [4.78, 5) is 26.7. The van der Waals surface area contributed by atoms with Gasteiger partial charge in [-0.05, 0) is 18.2 Å². The van der Waals surface area contributed by atoms with Crippen LogP contribution in [0.25, 0.3) is 11.4 Å². The number of nitro benzene ring substituents is 1. The fraction of sp³-hybridized carbons (Fsp3) is 0.250. The number of benzene rings is 2. The van der Waals surface area contributed by atoms with Crippen molar-refractivity contribution in [2.24, 2.45) is 0 Å². The van der Waals surface area contributed by atoms with Gasteiger partial charge in [0.25, 0.3) is 5.91 Å². The van der Waals surface area contributed by atoms with E-state index in [1.54, 1.807) is 25.3 Å². The minimum atomic E-state index is -0.574. The third kappa shape index (κ3) is 5.22. The maximum atomic E-state index is 12.1. The molecule has 0 atom stereocenters. The Morgan fingerprint density at radius 2 is 1.78 bits per heavy atom. The molecular formula is C20H20N4O8. The summed E-state index contributed by atoms with van der Waals surface area (Å²) in [5, 5.41) is 17.4. The molecule has 0 aliphatic heterocycles. The number of carbonyl (C=O) groups is 1. The van der Waals surface area contributed by atoms with Crippen molar-refractivity contribution in [1.29, 1.82) is 0 Å². The molecule has 32 heavy (non-hydrogen) atoms. The van der Waals surface area contributed by atoms with Crippen LogP contribution in [0.3, 0.4) is 0 Å². The minimum Gasteiger partial charge on any atom is -0.497 e. The van der Waals surface area contributed by atoms with Gasteiger partial charge in [-0.1, -0.05) is 5.16 Å². The molecule has 0 bridgehead atoms. The minimum absolute atomic E-state index is 0.0166. The predicted octanol–water partition coefficient (Wildman–Crippen LogP) is 2.37. The molecule has 0 saturated carbocycles. The number of nitro groups is 1. The molecule has 168 valence electrons. The molecule has 1 heterocycles. The predicted molar refractivity (Wildman–Crippen MR) is 110 cm³/mol. The van der Waals surface area contributed by atoms with E-state index in [-0.39, 0.29) is 36.2 Å². The second-order valence-corrected chi connectivity index (χ2v) is 6.23. The van der Waals surface area contributed by atoms with Crippen molar-refractivity contribution in [2.45, 2.75) is 6.54 Å². The van der Waals surface area contributed by atoms with Gasteiger partial charge < -0.3 is 28.8 Å². The van der Waals surface area contributed by atoms with Crippen molar-refractivity contribution in [2.75, 3.05) is 27.9 Å². The molecule has 0 aliphatic carbocycles. The van der Waals surface area contributed by atoms with Crippen LogP contribution in [0.15, 0.2) is 40.9 Å². The zero-order chi connectivity index (χ0) is 23.1. The number of hydrogen-bond acceptors (Lipinski definition) is 10. The summed E-state index contributed by atoms with van der Waals surface area (Å²) in [5.74, 6) is 1.42. The van der Waals surface area contributed by atoms with E-state index in [0.717, 1.165) is 0 Å². The topological polar surface area (TPSA) is 148 Å². The second-order valence-electron chi connectivity index (χ2n) is 6.23. The van der Waals surface area contributed by atoms with Crippen molar-refractivity contribution in [3.05, 3.63) is 52.4 Å². The first-order chi connectivity index (χ1) is 15.4. The maximum Gasteiger partial charge on any atom is 0.311 e. The van der Waals surface area contributed by atoms with Crippen LogP contribution in [0.5, 0.6) is 23.0 Å². The second kappa shape index (κ2) is 10.1. The molecule has 1 N–H and O–H groups in total. The van der Waals surface area contributed by atoms with E-state index in [1.165, 1.54) is 32.4 Å². The average Bonchev–Trinajstić information content (AvgIpc) is 3.29. The van der Waals surface area contributed by atoms with Crippen molar-refractivity contribution in [3.8, 4) is 34.4 Å². The SMILES string of the molecule is COc1ccc(-c2noc(CNC(=O)COc3ccc([N+](=O)[O-])c(OC)c3)n2)c(OC)c1. The van der Waals surface area contributed by atoms with Crippen LogP contribution >= 0.6 is 0 Å². The van der Waals surface area contributed by atoms with Crippen molar-refractivity contribution in [1.82, 2.24) is 15.5 Å². The van der Waals surface area contributed by atoms with Crippen LogP contribution in [-0.4, -0.2) is 48.9 Å². The van der Waals surface area contributed by atoms with Crippen LogP contribution in [0, 0.1) is 10.1 Å². The summed E-state index contributed by atoms with van der Waals surface area (Å²) in [6, 6.07) is 9.10. The third-order valence-corrected chi connectivity index (χ3v) is 4.27. The Balaban J connectivity index is 1.56. The number of methoxy groups -OCH3 is 3. The van der Waals surface area contributed by atoms with E-state index < -0.39 is 10.8 Å². The summed E-state index contributed by atoms with van der Waals surface area (Å²) >= 11 is 0. The quantitative estimate of drug-likeness (QED) is 0.365. The fourth-order valence-electron chi connectivity index (χ4n) is 2.69. The van der Waals surface area contributed by atoms with Crippen molar-refractivity contribution >= 4 is 11.6 Å². The van der Waals surface area contributed by atoms with Gasteiger partial charge in [0.15, 0.2) is 6.61 Å². The van der Waals surface area contributed by atoms with Gasteiger partial charge in [0, 0.05) is 18.2 Å². The highest BCUT2D eigenvalue weighted by molar-refractivity contribution is 5.77. The van der Waals surface area contributed by atoms with E-state index in [1.807, 2.05) is 0 Å². The van der Waals surface area contributed by atoms with Gasteiger partial charge in [0.2, 0.25) is 17.5 Å². The summed E-state index contributed by atoms with van der Waals surface area (Å²) in [7, 11) is 4.37. The lowest BCUT2D eigenvalue weighted by atomic mass is 10.2. The number of nitrogens with one attached hydrogen (secondary N) is 1. The standard InChI is InChI=1S/C20H20N4O8/c1-28-12-4-6-14(16(8-12)29-2)20-22-19(32-23-20)10-21-18(25)11-31-13-5-7-15(24(26)27)17(9-13)30-3/h4-9H,10-11H2,1-3H3,(H,21,25). The van der Waals surface area contributed by atoms with Crippen LogP contribution in [-0.2, 0) is 11.3 Å². The molecule has 2 aromatic carbocycles. The molecule has 0 fully saturated rings. The lowest BCUT2D eigenvalue weighted by molar-refractivity contribution is -0.385. The number of rotatable bonds is 10. The number of nitrogens with zero attached hydrogens (tertiary/aromatic N) is 3. The van der Waals surface area contributed by atoms with E-state index in [2.05, 4.69) is 15.5 Å². The molecule has 0 unspecified atom stereocenters. The van der Waals surface area contributed by atoms with E-state index in [0.29, 0.717) is 22.9 Å². The van der Waals surface area contributed by atoms with E-state index >= 15 is 0 Å². The van der Waals surface area contributed by atoms with Gasteiger partial charge in [0.1, 0.15) is 17.2 Å². The number of ether oxygens (including phenoxy) is 4. The third-order valence-electron chi connectivity index (χ3n) is 4.27. The highest BCUT2D eigenvalue weighted by Crippen LogP contribution is 2.32. The number of hydrogen-bond donors (Lipinski definition) is 1. The lowest BCUT2D eigenvalue weighted by Crippen LogP contribution is -2.28. The summed E-state index contributed by atoms with van der Waals surface area (Å²) in [5.41, 5.74) is 0.398. The van der Waals surface area contributed by atoms with E-state index in [4.69, 9.17) is 23.5 Å². The Kier molecular flexibility index (Phi) is 7.06. The smallest absolute Gasteiger partial charge is 0.311 e. The Morgan fingerprint density at radius 3 is 2.47 bits per heavy atom. The summed E-state index contributed by atoms with van der Waals surface area (Å²) in [6.45, 7) is -0.342. The van der Waals surface area contributed by atoms with Crippen LogP contribution in [0.4, 0.5) is 5.69 Å². The first-order valence-electron chi connectivity index (χ1n) is 9.22. The molecule has 0 radical (unpaired) electrons. The van der Waals surface area contributed by atoms with Crippen LogP contribution in [0.1, 0.15) is 5.89 Å². The van der Waals surface area contributed by atoms with Gasteiger partial charge in [-0.25, -0.2) is 0 Å². The van der Waals surface area contributed by atoms with Crippen molar-refractivity contribution < 1.29 is 33.2 Å². The Hall–Kier alpha value is -4.35. The number of carbonyl (C=O) groups excluding carboxylic acids is 1. The zero-order valence-corrected chi connectivity index (χ0v) is 17.5. The fourth-order valence-corrected chi connectivity index (χ4v) is 2.69. The highest BCUT2D eigenvalue weighted by Gasteiger charge is 2.17. The van der Waals surface area contributed by atoms with Gasteiger partial charge in [-0.2, -0.15) is 4.98 Å². The maximum absolute atomic E-state index is 12.1. The molecule has 0 saturated heterocycles. The van der Waals surface area contributed by atoms with Gasteiger partial charge in [-0.3, -0.25) is 14.9 Å². The van der Waals surface area contributed by atoms with Crippen molar-refractivity contribution in [3.63, 3.8) is 0 Å². The normalized spacial score (nSPS) is 10.3. The Labute approximate surface area is 182 Å². The monoisotopic (exact) mass is 444 g/mol. The molecule has 0 aliphatic rings. The molecule has 3 rings (SSSR count). The summed E-state index contributed by atoms with van der Waals surface area (Å²) < 4.78 is 26.0. The highest BCUT2D eigenvalue weighted by atomic mass is 16.6. The molecule has 1 amide bonds. The van der Waals surface area contributed by atoms with Gasteiger partial charge in [-0.15, -0.1) is 0 Å². The number of aromatic nitrogens is 2. The first kappa shape index (κ1) is 22.3. The van der Waals surface area contributed by atoms with Crippen LogP contribution in [0.2, 0.25) is 0 Å². The van der Waals surface area contributed by atoms with Gasteiger partial charge in [0.05, 0.1) is 38.4 Å².